The van der Waals surface area contributed by atoms with Gasteiger partial charge in [0.15, 0.2) is 11.6 Å². The van der Waals surface area contributed by atoms with Crippen LogP contribution in [0.2, 0.25) is 0 Å². The Labute approximate surface area is 90.4 Å². The summed E-state index contributed by atoms with van der Waals surface area (Å²) in [6, 6.07) is 1.89. The standard InChI is InChI=1S/C10H9FO5/c1-15-7-4-6(11)8(16-2)3-5(7)9(12)10(13)14/h3-4H,1-2H3,(H,13,14). The van der Waals surface area contributed by atoms with Crippen LogP contribution in [0.25, 0.3) is 0 Å². The molecule has 0 aliphatic heterocycles. The molecule has 0 saturated heterocycles. The molecule has 86 valence electrons. The largest absolute Gasteiger partial charge is 0.496 e. The molecule has 0 saturated carbocycles. The summed E-state index contributed by atoms with van der Waals surface area (Å²) in [5.41, 5.74) is -0.256. The van der Waals surface area contributed by atoms with Crippen LogP contribution in [0.3, 0.4) is 0 Å². The number of carbonyl (C=O) groups excluding carboxylic acids is 1. The summed E-state index contributed by atoms with van der Waals surface area (Å²) in [6.07, 6.45) is 0. The highest BCUT2D eigenvalue weighted by atomic mass is 19.1. The number of Topliss-reactive ketones (excluding diaryl/α,β-unsaturated/α-hetero) is 1. The predicted octanol–water partition coefficient (Wildman–Crippen LogP) is 1.11. The number of ketones is 1. The van der Waals surface area contributed by atoms with Gasteiger partial charge in [0.25, 0.3) is 5.78 Å². The van der Waals surface area contributed by atoms with Crippen LogP contribution in [-0.2, 0) is 4.79 Å². The first-order valence-corrected chi connectivity index (χ1v) is 4.20. The summed E-state index contributed by atoms with van der Waals surface area (Å²) in [5.74, 6) is -3.93. The first-order chi connectivity index (χ1) is 7.51. The molecular formula is C10H9FO5. The van der Waals surface area contributed by atoms with Crippen LogP contribution in [0.1, 0.15) is 10.4 Å². The highest BCUT2D eigenvalue weighted by Crippen LogP contribution is 2.27. The third-order valence-corrected chi connectivity index (χ3v) is 1.91. The molecule has 0 unspecified atom stereocenters. The Morgan fingerprint density at radius 2 is 1.75 bits per heavy atom. The Bertz CT molecular complexity index is 441. The Morgan fingerprint density at radius 3 is 2.19 bits per heavy atom. The molecule has 16 heavy (non-hydrogen) atoms. The fourth-order valence-corrected chi connectivity index (χ4v) is 1.15. The molecule has 0 radical (unpaired) electrons. The fourth-order valence-electron chi connectivity index (χ4n) is 1.15. The van der Waals surface area contributed by atoms with E-state index in [1.165, 1.54) is 14.2 Å². The van der Waals surface area contributed by atoms with Gasteiger partial charge < -0.3 is 14.6 Å². The van der Waals surface area contributed by atoms with Gasteiger partial charge in [-0.2, -0.15) is 0 Å². The lowest BCUT2D eigenvalue weighted by Gasteiger charge is -2.08. The average Bonchev–Trinajstić information content (AvgIpc) is 2.27. The van der Waals surface area contributed by atoms with Gasteiger partial charge in [-0.3, -0.25) is 4.79 Å². The van der Waals surface area contributed by atoms with E-state index in [1.54, 1.807) is 0 Å². The van der Waals surface area contributed by atoms with E-state index < -0.39 is 17.6 Å². The van der Waals surface area contributed by atoms with Gasteiger partial charge >= 0.3 is 5.97 Å². The van der Waals surface area contributed by atoms with Crippen LogP contribution in [0.4, 0.5) is 4.39 Å². The number of methoxy groups -OCH3 is 2. The lowest BCUT2D eigenvalue weighted by Crippen LogP contribution is -2.14. The Hall–Kier alpha value is -2.11. The van der Waals surface area contributed by atoms with Gasteiger partial charge in [-0.1, -0.05) is 0 Å². The zero-order valence-electron chi connectivity index (χ0n) is 8.61. The minimum Gasteiger partial charge on any atom is -0.496 e. The number of aliphatic carboxylic acids is 1. The summed E-state index contributed by atoms with van der Waals surface area (Å²) in [5, 5.41) is 8.55. The minimum atomic E-state index is -1.65. The van der Waals surface area contributed by atoms with Gasteiger partial charge in [-0.25, -0.2) is 9.18 Å². The summed E-state index contributed by atoms with van der Waals surface area (Å²) in [7, 11) is 2.42. The highest BCUT2D eigenvalue weighted by molar-refractivity contribution is 6.40. The van der Waals surface area contributed by atoms with E-state index in [9.17, 15) is 14.0 Å². The lowest BCUT2D eigenvalue weighted by molar-refractivity contribution is -0.131. The average molecular weight is 228 g/mol. The molecule has 0 bridgehead atoms. The quantitative estimate of drug-likeness (QED) is 0.617. The smallest absolute Gasteiger partial charge is 0.377 e. The topological polar surface area (TPSA) is 72.8 Å². The lowest BCUT2D eigenvalue weighted by atomic mass is 10.1. The van der Waals surface area contributed by atoms with Crippen molar-refractivity contribution in [1.82, 2.24) is 0 Å². The van der Waals surface area contributed by atoms with Crippen LogP contribution >= 0.6 is 0 Å². The Kier molecular flexibility index (Phi) is 3.44. The molecule has 1 N–H and O–H groups in total. The van der Waals surface area contributed by atoms with Crippen LogP contribution in [-0.4, -0.2) is 31.1 Å². The summed E-state index contributed by atoms with van der Waals surface area (Å²) in [6.45, 7) is 0. The maximum absolute atomic E-state index is 13.2. The molecule has 1 aromatic carbocycles. The molecule has 0 amide bonds. The minimum absolute atomic E-state index is 0.147. The van der Waals surface area contributed by atoms with E-state index in [0.29, 0.717) is 0 Å². The van der Waals surface area contributed by atoms with Crippen LogP contribution in [0.5, 0.6) is 11.5 Å². The van der Waals surface area contributed by atoms with Crippen LogP contribution in [0.15, 0.2) is 12.1 Å². The number of ether oxygens (including phenoxy) is 2. The number of benzene rings is 1. The van der Waals surface area contributed by atoms with Gasteiger partial charge in [0.2, 0.25) is 0 Å². The molecule has 0 heterocycles. The molecule has 6 heteroatoms. The van der Waals surface area contributed by atoms with Gasteiger partial charge in [-0.05, 0) is 6.07 Å². The first-order valence-electron chi connectivity index (χ1n) is 4.20. The van der Waals surface area contributed by atoms with Crippen molar-refractivity contribution in [3.63, 3.8) is 0 Å². The monoisotopic (exact) mass is 228 g/mol. The van der Waals surface area contributed by atoms with Crippen molar-refractivity contribution in [3.8, 4) is 11.5 Å². The Balaban J connectivity index is 3.35. The zero-order valence-corrected chi connectivity index (χ0v) is 8.61. The van der Waals surface area contributed by atoms with Crippen molar-refractivity contribution in [2.45, 2.75) is 0 Å². The van der Waals surface area contributed by atoms with Gasteiger partial charge in [0, 0.05) is 6.07 Å². The van der Waals surface area contributed by atoms with E-state index in [4.69, 9.17) is 9.84 Å². The van der Waals surface area contributed by atoms with Gasteiger partial charge in [0.05, 0.1) is 19.8 Å². The number of halogens is 1. The molecule has 0 spiro atoms. The van der Waals surface area contributed by atoms with E-state index in [0.717, 1.165) is 12.1 Å². The van der Waals surface area contributed by atoms with Crippen molar-refractivity contribution >= 4 is 11.8 Å². The summed E-state index contributed by atoms with van der Waals surface area (Å²) < 4.78 is 22.6. The SMILES string of the molecule is COc1cc(C(=O)C(=O)O)c(OC)cc1F. The molecule has 1 aromatic rings. The third-order valence-electron chi connectivity index (χ3n) is 1.91. The maximum atomic E-state index is 13.2. The molecular weight excluding hydrogens is 219 g/mol. The number of rotatable bonds is 4. The van der Waals surface area contributed by atoms with Crippen LogP contribution in [0, 0.1) is 5.82 Å². The summed E-state index contributed by atoms with van der Waals surface area (Å²) >= 11 is 0. The molecule has 1 rings (SSSR count). The molecule has 5 nitrogen and oxygen atoms in total. The van der Waals surface area contributed by atoms with E-state index in [2.05, 4.69) is 4.74 Å². The third kappa shape index (κ3) is 2.10. The van der Waals surface area contributed by atoms with Crippen molar-refractivity contribution in [2.24, 2.45) is 0 Å². The van der Waals surface area contributed by atoms with Gasteiger partial charge in [-0.15, -0.1) is 0 Å². The second-order valence-electron chi connectivity index (χ2n) is 2.82. The van der Waals surface area contributed by atoms with Crippen molar-refractivity contribution < 1.29 is 28.6 Å². The number of carbonyl (C=O) groups is 2. The molecule has 0 aliphatic rings. The maximum Gasteiger partial charge on any atom is 0.377 e. The normalized spacial score (nSPS) is 9.69. The van der Waals surface area contributed by atoms with Gasteiger partial charge in [0.1, 0.15) is 5.75 Å². The van der Waals surface area contributed by atoms with Crippen molar-refractivity contribution in [3.05, 3.63) is 23.5 Å². The Morgan fingerprint density at radius 1 is 1.19 bits per heavy atom. The van der Waals surface area contributed by atoms with Crippen molar-refractivity contribution in [1.29, 1.82) is 0 Å². The summed E-state index contributed by atoms with van der Waals surface area (Å²) in [4.78, 5) is 21.8. The highest BCUT2D eigenvalue weighted by Gasteiger charge is 2.22. The van der Waals surface area contributed by atoms with E-state index >= 15 is 0 Å². The second kappa shape index (κ2) is 4.61. The number of carboxylic acid groups (broad SMARTS) is 1. The second-order valence-corrected chi connectivity index (χ2v) is 2.82. The first kappa shape index (κ1) is 12.0. The predicted molar refractivity (Wildman–Crippen MR) is 51.5 cm³/mol. The molecule has 0 atom stereocenters. The van der Waals surface area contributed by atoms with E-state index in [1.807, 2.05) is 0 Å². The fraction of sp³-hybridized carbons (Fsp3) is 0.200. The number of hydrogen-bond donors (Lipinski definition) is 1. The van der Waals surface area contributed by atoms with E-state index in [-0.39, 0.29) is 17.1 Å². The number of hydrogen-bond acceptors (Lipinski definition) is 4. The molecule has 0 fully saturated rings. The zero-order chi connectivity index (χ0) is 12.3. The van der Waals surface area contributed by atoms with Crippen molar-refractivity contribution in [2.75, 3.05) is 14.2 Å². The molecule has 0 aliphatic carbocycles. The molecule has 0 aromatic heterocycles. The number of carboxylic acids is 1. The van der Waals surface area contributed by atoms with Crippen LogP contribution < -0.4 is 9.47 Å².